The normalized spacial score (nSPS) is 42.7. The molecular formula is C10H17N2O2-. The van der Waals surface area contributed by atoms with Crippen LogP contribution in [0.3, 0.4) is 0 Å². The van der Waals surface area contributed by atoms with Gasteiger partial charge in [0.25, 0.3) is 0 Å². The maximum Gasteiger partial charge on any atom is 0.0417 e. The van der Waals surface area contributed by atoms with Gasteiger partial charge in [-0.05, 0) is 38.6 Å². The molecule has 2 rings (SSSR count). The summed E-state index contributed by atoms with van der Waals surface area (Å²) >= 11 is 0. The number of nitrogens with two attached hydrogens (primary N) is 1. The molecule has 2 bridgehead atoms. The number of carboxylic acid groups (broad SMARTS) is 1. The number of nitrogens with zero attached hydrogens (tertiary/aromatic N) is 1. The van der Waals surface area contributed by atoms with Crippen LogP contribution < -0.4 is 10.8 Å². The smallest absolute Gasteiger partial charge is 0.0417 e. The average Bonchev–Trinajstić information content (AvgIpc) is 2.30. The van der Waals surface area contributed by atoms with Gasteiger partial charge in [-0.25, -0.2) is 0 Å². The molecule has 2 aliphatic heterocycles. The monoisotopic (exact) mass is 197 g/mol. The van der Waals surface area contributed by atoms with Gasteiger partial charge in [0.05, 0.1) is 0 Å². The van der Waals surface area contributed by atoms with E-state index in [1.807, 2.05) is 0 Å². The van der Waals surface area contributed by atoms with E-state index in [4.69, 9.17) is 5.73 Å². The standard InChI is InChI=1S/C10H18N2O2/c1-12-8-2-6(3-10(13)14)9(12)5-7(11)4-8/h6-9H,2-5,11H2,1H3,(H,13,14)/p-1. The molecule has 0 amide bonds. The van der Waals surface area contributed by atoms with Crippen LogP contribution in [-0.4, -0.2) is 36.0 Å². The maximum atomic E-state index is 10.6. The highest BCUT2D eigenvalue weighted by atomic mass is 16.4. The molecule has 4 nitrogen and oxygen atoms in total. The Morgan fingerprint density at radius 2 is 2.21 bits per heavy atom. The number of rotatable bonds is 2. The molecule has 80 valence electrons. The molecule has 0 aromatic heterocycles. The second-order valence-electron chi connectivity index (χ2n) is 4.69. The van der Waals surface area contributed by atoms with Gasteiger partial charge in [-0.15, -0.1) is 0 Å². The fourth-order valence-electron chi connectivity index (χ4n) is 3.09. The molecule has 2 saturated heterocycles. The number of hydrogen-bond donors (Lipinski definition) is 1. The predicted molar refractivity (Wildman–Crippen MR) is 50.3 cm³/mol. The Morgan fingerprint density at radius 3 is 2.86 bits per heavy atom. The van der Waals surface area contributed by atoms with Gasteiger partial charge in [0.15, 0.2) is 0 Å². The van der Waals surface area contributed by atoms with Crippen LogP contribution in [0.25, 0.3) is 0 Å². The first-order valence-corrected chi connectivity index (χ1v) is 5.25. The minimum atomic E-state index is -0.926. The Labute approximate surface area is 84.1 Å². The summed E-state index contributed by atoms with van der Waals surface area (Å²) in [6.45, 7) is 0. The summed E-state index contributed by atoms with van der Waals surface area (Å²) in [7, 11) is 2.08. The second-order valence-corrected chi connectivity index (χ2v) is 4.69. The van der Waals surface area contributed by atoms with Gasteiger partial charge in [0.1, 0.15) is 0 Å². The molecule has 2 N–H and O–H groups in total. The molecule has 2 fully saturated rings. The molecular weight excluding hydrogens is 180 g/mol. The summed E-state index contributed by atoms with van der Waals surface area (Å²) in [5, 5.41) is 10.6. The second kappa shape index (κ2) is 3.51. The van der Waals surface area contributed by atoms with Gasteiger partial charge in [-0.3, -0.25) is 0 Å². The first-order chi connectivity index (χ1) is 6.58. The van der Waals surface area contributed by atoms with E-state index in [0.29, 0.717) is 12.1 Å². The van der Waals surface area contributed by atoms with E-state index in [-0.39, 0.29) is 18.4 Å². The Hall–Kier alpha value is -0.610. The zero-order valence-corrected chi connectivity index (χ0v) is 8.48. The summed E-state index contributed by atoms with van der Waals surface area (Å²) in [4.78, 5) is 12.9. The third kappa shape index (κ3) is 1.64. The molecule has 2 aliphatic rings. The predicted octanol–water partition coefficient (Wildman–Crippen LogP) is -1.06. The highest BCUT2D eigenvalue weighted by molar-refractivity contribution is 5.64. The van der Waals surface area contributed by atoms with Crippen molar-refractivity contribution in [3.63, 3.8) is 0 Å². The number of aliphatic carboxylic acids is 1. The maximum absolute atomic E-state index is 10.6. The van der Waals surface area contributed by atoms with Gasteiger partial charge in [0.2, 0.25) is 0 Å². The average molecular weight is 197 g/mol. The minimum absolute atomic E-state index is 0.193. The molecule has 0 saturated carbocycles. The number of carboxylic acids is 1. The topological polar surface area (TPSA) is 69.4 Å². The van der Waals surface area contributed by atoms with Crippen molar-refractivity contribution < 1.29 is 9.90 Å². The van der Waals surface area contributed by atoms with E-state index in [0.717, 1.165) is 19.3 Å². The number of carbonyl (C=O) groups is 1. The largest absolute Gasteiger partial charge is 0.550 e. The fraction of sp³-hybridized carbons (Fsp3) is 0.900. The van der Waals surface area contributed by atoms with Crippen LogP contribution in [0.4, 0.5) is 0 Å². The third-order valence-electron chi connectivity index (χ3n) is 3.77. The van der Waals surface area contributed by atoms with Crippen molar-refractivity contribution in [3.05, 3.63) is 0 Å². The van der Waals surface area contributed by atoms with Crippen LogP contribution in [0.15, 0.2) is 0 Å². The van der Waals surface area contributed by atoms with Gasteiger partial charge in [0, 0.05) is 24.1 Å². The highest BCUT2D eigenvalue weighted by Crippen LogP contribution is 2.39. The van der Waals surface area contributed by atoms with Crippen molar-refractivity contribution in [1.29, 1.82) is 0 Å². The Morgan fingerprint density at radius 1 is 1.50 bits per heavy atom. The van der Waals surface area contributed by atoms with E-state index in [9.17, 15) is 9.90 Å². The van der Waals surface area contributed by atoms with Crippen LogP contribution in [0.1, 0.15) is 25.7 Å². The Bertz CT molecular complexity index is 244. The summed E-state index contributed by atoms with van der Waals surface area (Å²) < 4.78 is 0. The van der Waals surface area contributed by atoms with Crippen molar-refractivity contribution in [3.8, 4) is 0 Å². The summed E-state index contributed by atoms with van der Waals surface area (Å²) in [5.74, 6) is -0.673. The molecule has 2 heterocycles. The van der Waals surface area contributed by atoms with Crippen LogP contribution in [0, 0.1) is 5.92 Å². The lowest BCUT2D eigenvalue weighted by Crippen LogP contribution is -2.46. The lowest BCUT2D eigenvalue weighted by atomic mass is 9.93. The molecule has 0 aliphatic carbocycles. The molecule has 14 heavy (non-hydrogen) atoms. The van der Waals surface area contributed by atoms with Gasteiger partial charge in [-0.2, -0.15) is 0 Å². The number of fused-ring (bicyclic) bond motifs is 2. The zero-order valence-electron chi connectivity index (χ0n) is 8.48. The number of piperidine rings is 1. The van der Waals surface area contributed by atoms with Crippen molar-refractivity contribution in [2.24, 2.45) is 11.7 Å². The van der Waals surface area contributed by atoms with E-state index < -0.39 is 5.97 Å². The van der Waals surface area contributed by atoms with Gasteiger partial charge < -0.3 is 20.5 Å². The highest BCUT2D eigenvalue weighted by Gasteiger charge is 2.43. The van der Waals surface area contributed by atoms with Crippen molar-refractivity contribution in [2.45, 2.75) is 43.8 Å². The van der Waals surface area contributed by atoms with Crippen LogP contribution >= 0.6 is 0 Å². The van der Waals surface area contributed by atoms with E-state index in [1.165, 1.54) is 0 Å². The third-order valence-corrected chi connectivity index (χ3v) is 3.77. The van der Waals surface area contributed by atoms with Crippen LogP contribution in [0.5, 0.6) is 0 Å². The Kier molecular flexibility index (Phi) is 2.49. The first-order valence-electron chi connectivity index (χ1n) is 5.25. The number of hydrogen-bond acceptors (Lipinski definition) is 4. The molecule has 4 atom stereocenters. The molecule has 0 radical (unpaired) electrons. The molecule has 0 aromatic carbocycles. The fourth-order valence-corrected chi connectivity index (χ4v) is 3.09. The summed E-state index contributed by atoms with van der Waals surface area (Å²) in [6, 6.07) is 1.11. The zero-order chi connectivity index (χ0) is 10.3. The Balaban J connectivity index is 2.05. The molecule has 4 heteroatoms. The van der Waals surface area contributed by atoms with E-state index in [1.54, 1.807) is 0 Å². The first kappa shape index (κ1) is 9.93. The summed E-state index contributed by atoms with van der Waals surface area (Å²) in [5.41, 5.74) is 5.92. The van der Waals surface area contributed by atoms with E-state index >= 15 is 0 Å². The van der Waals surface area contributed by atoms with Crippen molar-refractivity contribution in [1.82, 2.24) is 4.90 Å². The quantitative estimate of drug-likeness (QED) is 0.612. The van der Waals surface area contributed by atoms with Crippen molar-refractivity contribution >= 4 is 5.97 Å². The lowest BCUT2D eigenvalue weighted by Gasteiger charge is -2.35. The molecule has 4 unspecified atom stereocenters. The van der Waals surface area contributed by atoms with Gasteiger partial charge >= 0.3 is 0 Å². The molecule has 0 spiro atoms. The van der Waals surface area contributed by atoms with Crippen molar-refractivity contribution in [2.75, 3.05) is 7.05 Å². The van der Waals surface area contributed by atoms with Crippen LogP contribution in [0.2, 0.25) is 0 Å². The SMILES string of the molecule is CN1C2CC(N)CC1C(CC(=O)[O-])C2. The number of carbonyl (C=O) groups excluding carboxylic acids is 1. The van der Waals surface area contributed by atoms with Gasteiger partial charge in [-0.1, -0.05) is 0 Å². The van der Waals surface area contributed by atoms with E-state index in [2.05, 4.69) is 11.9 Å². The lowest BCUT2D eigenvalue weighted by molar-refractivity contribution is -0.306. The van der Waals surface area contributed by atoms with Crippen LogP contribution in [-0.2, 0) is 4.79 Å². The minimum Gasteiger partial charge on any atom is -0.550 e. The molecule has 0 aromatic rings. The summed E-state index contributed by atoms with van der Waals surface area (Å²) in [6.07, 6.45) is 3.11.